The molecule has 0 saturated carbocycles. The second kappa shape index (κ2) is 14.1. The van der Waals surface area contributed by atoms with Gasteiger partial charge in [0.2, 0.25) is 11.8 Å². The van der Waals surface area contributed by atoms with Crippen LogP contribution in [0.3, 0.4) is 0 Å². The van der Waals surface area contributed by atoms with E-state index in [-0.39, 0.29) is 17.7 Å². The molecule has 0 aliphatic rings. The molecule has 0 fully saturated rings. The van der Waals surface area contributed by atoms with E-state index in [1.54, 1.807) is 19.0 Å². The van der Waals surface area contributed by atoms with Crippen molar-refractivity contribution in [3.8, 4) is 5.75 Å². The molecule has 27 heavy (non-hydrogen) atoms. The van der Waals surface area contributed by atoms with Crippen LogP contribution in [0.4, 0.5) is 0 Å². The SMILES string of the molecule is CCC(C)C(=O)N(C)C.CCCC(=O)NCCCOc1ccc(C)cc1C. The molecule has 0 aliphatic carbocycles. The number of aryl methyl sites for hydroxylation is 2. The highest BCUT2D eigenvalue weighted by molar-refractivity contribution is 5.77. The maximum atomic E-state index is 11.2. The van der Waals surface area contributed by atoms with E-state index in [1.165, 1.54) is 5.56 Å². The molecular weight excluding hydrogens is 340 g/mol. The maximum Gasteiger partial charge on any atom is 0.224 e. The fourth-order valence-electron chi connectivity index (χ4n) is 2.37. The van der Waals surface area contributed by atoms with Gasteiger partial charge in [0.05, 0.1) is 6.61 Å². The summed E-state index contributed by atoms with van der Waals surface area (Å²) in [5.74, 6) is 1.46. The summed E-state index contributed by atoms with van der Waals surface area (Å²) in [6, 6.07) is 6.16. The Labute approximate surface area is 165 Å². The van der Waals surface area contributed by atoms with Gasteiger partial charge in [0.25, 0.3) is 0 Å². The van der Waals surface area contributed by atoms with Gasteiger partial charge >= 0.3 is 0 Å². The fraction of sp³-hybridized carbons (Fsp3) is 0.636. The Bertz CT molecular complexity index is 571. The van der Waals surface area contributed by atoms with Gasteiger partial charge in [-0.05, 0) is 44.7 Å². The molecule has 154 valence electrons. The molecule has 2 amide bonds. The number of nitrogens with zero attached hydrogens (tertiary/aromatic N) is 1. The van der Waals surface area contributed by atoms with E-state index in [0.29, 0.717) is 19.6 Å². The van der Waals surface area contributed by atoms with Crippen LogP contribution in [0, 0.1) is 19.8 Å². The van der Waals surface area contributed by atoms with Gasteiger partial charge in [-0.1, -0.05) is 38.5 Å². The zero-order chi connectivity index (χ0) is 20.8. The first-order chi connectivity index (χ1) is 12.7. The van der Waals surface area contributed by atoms with E-state index < -0.39 is 0 Å². The molecule has 1 rings (SSSR count). The standard InChI is InChI=1S/C15H23NO2.C7H15NO/c1-4-6-15(17)16-9-5-10-18-14-8-7-12(2)11-13(14)3;1-5-6(2)7(9)8(3)4/h7-8,11H,4-6,9-10H2,1-3H3,(H,16,17);6H,5H2,1-4H3. The van der Waals surface area contributed by atoms with Crippen LogP contribution >= 0.6 is 0 Å². The lowest BCUT2D eigenvalue weighted by Gasteiger charge is -2.14. The number of carbonyl (C=O) groups excluding carboxylic acids is 2. The Morgan fingerprint density at radius 3 is 2.33 bits per heavy atom. The van der Waals surface area contributed by atoms with Crippen LogP contribution in [0.1, 0.15) is 57.6 Å². The highest BCUT2D eigenvalue weighted by atomic mass is 16.5. The summed E-state index contributed by atoms with van der Waals surface area (Å²) in [6.07, 6.45) is 3.27. The smallest absolute Gasteiger partial charge is 0.224 e. The van der Waals surface area contributed by atoms with E-state index in [0.717, 1.165) is 30.6 Å². The van der Waals surface area contributed by atoms with Gasteiger partial charge in [0.1, 0.15) is 5.75 Å². The number of hydrogen-bond donors (Lipinski definition) is 1. The molecule has 0 spiro atoms. The second-order valence-electron chi connectivity index (χ2n) is 7.11. The van der Waals surface area contributed by atoms with E-state index in [1.807, 2.05) is 39.8 Å². The van der Waals surface area contributed by atoms with Gasteiger partial charge in [-0.2, -0.15) is 0 Å². The number of carbonyl (C=O) groups is 2. The summed E-state index contributed by atoms with van der Waals surface area (Å²) in [6.45, 7) is 11.4. The molecule has 5 nitrogen and oxygen atoms in total. The third kappa shape index (κ3) is 11.3. The average Bonchev–Trinajstić information content (AvgIpc) is 2.62. The Balaban J connectivity index is 0.000000636. The molecular formula is C22H38N2O3. The lowest BCUT2D eigenvalue weighted by Crippen LogP contribution is -2.27. The van der Waals surface area contributed by atoms with Gasteiger partial charge in [0, 0.05) is 33.0 Å². The maximum absolute atomic E-state index is 11.2. The minimum Gasteiger partial charge on any atom is -0.493 e. The van der Waals surface area contributed by atoms with E-state index in [4.69, 9.17) is 4.74 Å². The van der Waals surface area contributed by atoms with Crippen molar-refractivity contribution < 1.29 is 14.3 Å². The zero-order valence-electron chi connectivity index (χ0n) is 18.2. The molecule has 1 aromatic carbocycles. The predicted molar refractivity (Wildman–Crippen MR) is 112 cm³/mol. The number of rotatable bonds is 9. The topological polar surface area (TPSA) is 58.6 Å². The minimum absolute atomic E-state index is 0.129. The molecule has 0 radical (unpaired) electrons. The molecule has 0 saturated heterocycles. The average molecular weight is 379 g/mol. The van der Waals surface area contributed by atoms with Crippen molar-refractivity contribution in [3.63, 3.8) is 0 Å². The van der Waals surface area contributed by atoms with Crippen LogP contribution in [-0.2, 0) is 9.59 Å². The van der Waals surface area contributed by atoms with Crippen LogP contribution < -0.4 is 10.1 Å². The quantitative estimate of drug-likeness (QED) is 0.658. The number of benzene rings is 1. The van der Waals surface area contributed by atoms with Crippen molar-refractivity contribution in [1.82, 2.24) is 10.2 Å². The van der Waals surface area contributed by atoms with Crippen molar-refractivity contribution in [2.45, 2.75) is 60.3 Å². The molecule has 0 aromatic heterocycles. The van der Waals surface area contributed by atoms with Crippen LogP contribution in [0.25, 0.3) is 0 Å². The number of amides is 2. The second-order valence-corrected chi connectivity index (χ2v) is 7.11. The van der Waals surface area contributed by atoms with E-state index in [2.05, 4.69) is 18.3 Å². The van der Waals surface area contributed by atoms with E-state index >= 15 is 0 Å². The van der Waals surface area contributed by atoms with Crippen LogP contribution in [0.15, 0.2) is 18.2 Å². The van der Waals surface area contributed by atoms with Crippen molar-refractivity contribution in [1.29, 1.82) is 0 Å². The van der Waals surface area contributed by atoms with Gasteiger partial charge in [-0.25, -0.2) is 0 Å². The minimum atomic E-state index is 0.129. The Morgan fingerprint density at radius 1 is 1.19 bits per heavy atom. The van der Waals surface area contributed by atoms with Crippen molar-refractivity contribution in [2.24, 2.45) is 5.92 Å². The molecule has 0 bridgehead atoms. The third-order valence-corrected chi connectivity index (χ3v) is 4.18. The number of nitrogens with one attached hydrogen (secondary N) is 1. The summed E-state index contributed by atoms with van der Waals surface area (Å²) in [5, 5.41) is 2.87. The molecule has 1 atom stereocenters. The fourth-order valence-corrected chi connectivity index (χ4v) is 2.37. The van der Waals surface area contributed by atoms with Gasteiger partial charge < -0.3 is 15.0 Å². The first kappa shape index (κ1) is 25.0. The summed E-state index contributed by atoms with van der Waals surface area (Å²) >= 11 is 0. The van der Waals surface area contributed by atoms with Crippen molar-refractivity contribution in [2.75, 3.05) is 27.2 Å². The lowest BCUT2D eigenvalue weighted by atomic mass is 10.1. The van der Waals surface area contributed by atoms with Gasteiger partial charge in [0.15, 0.2) is 0 Å². The van der Waals surface area contributed by atoms with Gasteiger partial charge in [-0.3, -0.25) is 9.59 Å². The summed E-state index contributed by atoms with van der Waals surface area (Å²) in [7, 11) is 3.57. The normalized spacial score (nSPS) is 11.1. The van der Waals surface area contributed by atoms with E-state index in [9.17, 15) is 9.59 Å². The number of ether oxygens (including phenoxy) is 1. The first-order valence-electron chi connectivity index (χ1n) is 9.90. The first-order valence-corrected chi connectivity index (χ1v) is 9.90. The Hall–Kier alpha value is -2.04. The molecule has 1 unspecified atom stereocenters. The summed E-state index contributed by atoms with van der Waals surface area (Å²) < 4.78 is 5.68. The monoisotopic (exact) mass is 378 g/mol. The van der Waals surface area contributed by atoms with Crippen molar-refractivity contribution in [3.05, 3.63) is 29.3 Å². The largest absolute Gasteiger partial charge is 0.493 e. The lowest BCUT2D eigenvalue weighted by molar-refractivity contribution is -0.132. The third-order valence-electron chi connectivity index (χ3n) is 4.18. The highest BCUT2D eigenvalue weighted by Crippen LogP contribution is 2.18. The molecule has 0 heterocycles. The molecule has 1 N–H and O–H groups in total. The zero-order valence-corrected chi connectivity index (χ0v) is 18.2. The highest BCUT2D eigenvalue weighted by Gasteiger charge is 2.10. The van der Waals surface area contributed by atoms with Crippen LogP contribution in [-0.4, -0.2) is 44.0 Å². The Morgan fingerprint density at radius 2 is 1.85 bits per heavy atom. The molecule has 1 aromatic rings. The van der Waals surface area contributed by atoms with Crippen LogP contribution in [0.5, 0.6) is 5.75 Å². The summed E-state index contributed by atoms with van der Waals surface area (Å²) in [4.78, 5) is 23.8. The molecule has 0 aliphatic heterocycles. The number of hydrogen-bond acceptors (Lipinski definition) is 3. The van der Waals surface area contributed by atoms with Crippen molar-refractivity contribution >= 4 is 11.8 Å². The summed E-state index contributed by atoms with van der Waals surface area (Å²) in [5.41, 5.74) is 2.40. The Kier molecular flexibility index (Phi) is 13.0. The molecule has 5 heteroatoms. The van der Waals surface area contributed by atoms with Gasteiger partial charge in [-0.15, -0.1) is 0 Å². The van der Waals surface area contributed by atoms with Crippen LogP contribution in [0.2, 0.25) is 0 Å². The predicted octanol–water partition coefficient (Wildman–Crippen LogP) is 4.11.